The molecule has 1 aromatic heterocycles. The van der Waals surface area contributed by atoms with Gasteiger partial charge in [-0.05, 0) is 36.8 Å². The SMILES string of the molecule is Cc1ccc(S(=O)(=O)Oc2ccccc2)cc1-n1c(N)c2c(cc1=O)C(=O)NC2=O. The minimum atomic E-state index is -4.21. The number of carbonyl (C=O) groups excluding carboxylic acids is 2. The molecule has 3 aromatic rings. The molecule has 1 aliphatic heterocycles. The van der Waals surface area contributed by atoms with E-state index in [4.69, 9.17) is 9.92 Å². The van der Waals surface area contributed by atoms with Gasteiger partial charge in [0.25, 0.3) is 17.4 Å². The van der Waals surface area contributed by atoms with Crippen LogP contribution >= 0.6 is 0 Å². The van der Waals surface area contributed by atoms with Crippen LogP contribution in [0.1, 0.15) is 26.3 Å². The maximum atomic E-state index is 12.7. The van der Waals surface area contributed by atoms with Gasteiger partial charge in [-0.1, -0.05) is 24.3 Å². The van der Waals surface area contributed by atoms with Gasteiger partial charge in [0, 0.05) is 6.07 Å². The topological polar surface area (TPSA) is 138 Å². The Hall–Kier alpha value is -3.92. The molecule has 30 heavy (non-hydrogen) atoms. The minimum absolute atomic E-state index is 0.118. The van der Waals surface area contributed by atoms with E-state index in [9.17, 15) is 22.8 Å². The number of nitrogen functional groups attached to an aromatic ring is 1. The molecule has 1 aliphatic rings. The van der Waals surface area contributed by atoms with Crippen LogP contribution in [-0.4, -0.2) is 24.8 Å². The number of para-hydroxylation sites is 1. The zero-order valence-electron chi connectivity index (χ0n) is 15.6. The second kappa shape index (κ2) is 6.85. The van der Waals surface area contributed by atoms with Gasteiger partial charge < -0.3 is 9.92 Å². The standard InChI is InChI=1S/C20H15N3O6S/c1-11-7-8-13(30(27,28)29-12-5-3-2-4-6-12)9-15(11)23-16(24)10-14-17(18(23)21)20(26)22-19(14)25/h2-10H,21H2,1H3,(H,22,25,26). The Morgan fingerprint density at radius 2 is 1.67 bits per heavy atom. The summed E-state index contributed by atoms with van der Waals surface area (Å²) in [6.07, 6.45) is 0. The summed E-state index contributed by atoms with van der Waals surface area (Å²) in [6, 6.07) is 13.0. The van der Waals surface area contributed by atoms with Crippen LogP contribution in [0.5, 0.6) is 5.75 Å². The molecule has 0 aliphatic carbocycles. The molecule has 0 fully saturated rings. The van der Waals surface area contributed by atoms with Crippen LogP contribution in [0.25, 0.3) is 5.69 Å². The van der Waals surface area contributed by atoms with E-state index in [0.717, 1.165) is 10.6 Å². The van der Waals surface area contributed by atoms with Crippen LogP contribution in [0.4, 0.5) is 5.82 Å². The summed E-state index contributed by atoms with van der Waals surface area (Å²) in [5.74, 6) is -1.57. The van der Waals surface area contributed by atoms with Gasteiger partial charge >= 0.3 is 10.1 Å². The van der Waals surface area contributed by atoms with Gasteiger partial charge in [-0.25, -0.2) is 0 Å². The van der Waals surface area contributed by atoms with Crippen molar-refractivity contribution in [1.29, 1.82) is 0 Å². The van der Waals surface area contributed by atoms with Crippen molar-refractivity contribution in [2.75, 3.05) is 5.73 Å². The third kappa shape index (κ3) is 3.12. The molecule has 0 saturated heterocycles. The largest absolute Gasteiger partial charge is 0.384 e. The Morgan fingerprint density at radius 3 is 2.37 bits per heavy atom. The Bertz CT molecular complexity index is 1380. The van der Waals surface area contributed by atoms with Crippen LogP contribution in [0.3, 0.4) is 0 Å². The quantitative estimate of drug-likeness (QED) is 0.476. The lowest BCUT2D eigenvalue weighted by Crippen LogP contribution is -2.25. The van der Waals surface area contributed by atoms with Gasteiger partial charge in [-0.15, -0.1) is 0 Å². The molecule has 0 atom stereocenters. The molecule has 2 aromatic carbocycles. The number of rotatable bonds is 4. The van der Waals surface area contributed by atoms with E-state index in [1.165, 1.54) is 30.3 Å². The fraction of sp³-hybridized carbons (Fsp3) is 0.0500. The monoisotopic (exact) mass is 425 g/mol. The van der Waals surface area contributed by atoms with E-state index < -0.39 is 27.5 Å². The number of hydrogen-bond donors (Lipinski definition) is 2. The van der Waals surface area contributed by atoms with Crippen molar-refractivity contribution in [3.8, 4) is 11.4 Å². The highest BCUT2D eigenvalue weighted by Gasteiger charge is 2.32. The summed E-state index contributed by atoms with van der Waals surface area (Å²) in [5, 5.41) is 2.08. The van der Waals surface area contributed by atoms with Gasteiger partial charge in [0.15, 0.2) is 0 Å². The molecule has 0 radical (unpaired) electrons. The molecular weight excluding hydrogens is 410 g/mol. The molecule has 2 amide bonds. The lowest BCUT2D eigenvalue weighted by molar-refractivity contribution is 0.0880. The van der Waals surface area contributed by atoms with E-state index in [1.54, 1.807) is 25.1 Å². The molecule has 152 valence electrons. The zero-order chi connectivity index (χ0) is 21.6. The highest BCUT2D eigenvalue weighted by molar-refractivity contribution is 7.87. The number of pyridine rings is 1. The first-order chi connectivity index (χ1) is 14.2. The summed E-state index contributed by atoms with van der Waals surface area (Å²) in [4.78, 5) is 36.3. The Labute approximate surface area is 170 Å². The number of imide groups is 1. The molecule has 9 nitrogen and oxygen atoms in total. The number of carbonyl (C=O) groups is 2. The van der Waals surface area contributed by atoms with Crippen molar-refractivity contribution in [3.05, 3.63) is 81.6 Å². The average Bonchev–Trinajstić information content (AvgIpc) is 2.97. The maximum absolute atomic E-state index is 12.7. The first-order valence-electron chi connectivity index (χ1n) is 8.71. The number of aryl methyl sites for hydroxylation is 1. The Balaban J connectivity index is 1.87. The molecular formula is C20H15N3O6S. The van der Waals surface area contributed by atoms with Crippen molar-refractivity contribution in [1.82, 2.24) is 9.88 Å². The fourth-order valence-electron chi connectivity index (χ4n) is 3.16. The van der Waals surface area contributed by atoms with Crippen molar-refractivity contribution in [2.45, 2.75) is 11.8 Å². The third-order valence-corrected chi connectivity index (χ3v) is 5.86. The molecule has 10 heteroatoms. The van der Waals surface area contributed by atoms with Crippen LogP contribution in [0, 0.1) is 6.92 Å². The van der Waals surface area contributed by atoms with E-state index in [-0.39, 0.29) is 33.3 Å². The minimum Gasteiger partial charge on any atom is -0.384 e. The Morgan fingerprint density at radius 1 is 0.967 bits per heavy atom. The van der Waals surface area contributed by atoms with Crippen molar-refractivity contribution >= 4 is 27.8 Å². The lowest BCUT2D eigenvalue weighted by Gasteiger charge is -2.15. The van der Waals surface area contributed by atoms with Crippen LogP contribution in [-0.2, 0) is 10.1 Å². The predicted molar refractivity (Wildman–Crippen MR) is 107 cm³/mol. The number of anilines is 1. The molecule has 2 heterocycles. The molecule has 0 saturated carbocycles. The second-order valence-electron chi connectivity index (χ2n) is 6.57. The van der Waals surface area contributed by atoms with Crippen molar-refractivity contribution in [3.63, 3.8) is 0 Å². The third-order valence-electron chi connectivity index (χ3n) is 4.61. The van der Waals surface area contributed by atoms with Crippen LogP contribution < -0.4 is 20.8 Å². The van der Waals surface area contributed by atoms with E-state index in [0.29, 0.717) is 5.56 Å². The average molecular weight is 425 g/mol. The predicted octanol–water partition coefficient (Wildman–Crippen LogP) is 1.38. The zero-order valence-corrected chi connectivity index (χ0v) is 16.4. The van der Waals surface area contributed by atoms with Gasteiger partial charge in [-0.3, -0.25) is 24.3 Å². The van der Waals surface area contributed by atoms with E-state index in [2.05, 4.69) is 5.32 Å². The maximum Gasteiger partial charge on any atom is 0.339 e. The molecule has 0 spiro atoms. The number of nitrogens with one attached hydrogen (secondary N) is 1. The number of aromatic nitrogens is 1. The van der Waals surface area contributed by atoms with Crippen LogP contribution in [0.15, 0.2) is 64.3 Å². The summed E-state index contributed by atoms with van der Waals surface area (Å²) >= 11 is 0. The fourth-order valence-corrected chi connectivity index (χ4v) is 4.12. The summed E-state index contributed by atoms with van der Waals surface area (Å²) < 4.78 is 31.5. The van der Waals surface area contributed by atoms with Crippen LogP contribution in [0.2, 0.25) is 0 Å². The normalized spacial score (nSPS) is 13.1. The number of benzene rings is 2. The highest BCUT2D eigenvalue weighted by atomic mass is 32.2. The van der Waals surface area contributed by atoms with Gasteiger partial charge in [0.05, 0.1) is 16.8 Å². The highest BCUT2D eigenvalue weighted by Crippen LogP contribution is 2.27. The number of fused-ring (bicyclic) bond motifs is 1. The second-order valence-corrected chi connectivity index (χ2v) is 8.12. The number of nitrogens with two attached hydrogens (primary N) is 1. The first kappa shape index (κ1) is 19.4. The number of nitrogens with zero attached hydrogens (tertiary/aromatic N) is 1. The summed E-state index contributed by atoms with van der Waals surface area (Å²) in [5.41, 5.74) is 5.77. The van der Waals surface area contributed by atoms with E-state index in [1.807, 2.05) is 0 Å². The molecule has 4 rings (SSSR count). The van der Waals surface area contributed by atoms with Gasteiger partial charge in [0.1, 0.15) is 16.5 Å². The smallest absolute Gasteiger partial charge is 0.339 e. The first-order valence-corrected chi connectivity index (χ1v) is 10.1. The van der Waals surface area contributed by atoms with Gasteiger partial charge in [-0.2, -0.15) is 8.42 Å². The number of hydrogen-bond acceptors (Lipinski definition) is 7. The van der Waals surface area contributed by atoms with Crippen molar-refractivity contribution < 1.29 is 22.2 Å². The Kier molecular flexibility index (Phi) is 4.43. The molecule has 0 unspecified atom stereocenters. The van der Waals surface area contributed by atoms with E-state index >= 15 is 0 Å². The lowest BCUT2D eigenvalue weighted by atomic mass is 10.1. The molecule has 0 bridgehead atoms. The van der Waals surface area contributed by atoms with Crippen molar-refractivity contribution in [2.24, 2.45) is 0 Å². The molecule has 3 N–H and O–H groups in total. The summed E-state index contributed by atoms with van der Waals surface area (Å²) in [6.45, 7) is 1.65. The summed E-state index contributed by atoms with van der Waals surface area (Å²) in [7, 11) is -4.21. The number of amides is 2. The van der Waals surface area contributed by atoms with Gasteiger partial charge in [0.2, 0.25) is 0 Å².